The number of carbonyl (C=O) groups excluding carboxylic acids is 1. The van der Waals surface area contributed by atoms with Crippen LogP contribution in [-0.2, 0) is 4.79 Å². The first kappa shape index (κ1) is 21.9. The van der Waals surface area contributed by atoms with Gasteiger partial charge in [-0.05, 0) is 43.3 Å². The summed E-state index contributed by atoms with van der Waals surface area (Å²) in [6, 6.07) is 21.4. The van der Waals surface area contributed by atoms with E-state index in [0.717, 1.165) is 21.3 Å². The van der Waals surface area contributed by atoms with Gasteiger partial charge in [-0.25, -0.2) is 5.43 Å². The van der Waals surface area contributed by atoms with E-state index in [-0.39, 0.29) is 11.7 Å². The van der Waals surface area contributed by atoms with Gasteiger partial charge in [0.05, 0.1) is 11.5 Å². The SMILES string of the molecule is C/C(=N/NC(=O)CSc1nnc(-c2ccc(Br)cc2)n1-c1ccccc1)c1ccncc1. The predicted molar refractivity (Wildman–Crippen MR) is 130 cm³/mol. The van der Waals surface area contributed by atoms with Gasteiger partial charge in [0.15, 0.2) is 11.0 Å². The van der Waals surface area contributed by atoms with Crippen LogP contribution in [-0.4, -0.2) is 37.1 Å². The summed E-state index contributed by atoms with van der Waals surface area (Å²) < 4.78 is 2.94. The number of rotatable bonds is 7. The number of para-hydroxylation sites is 1. The molecular weight excluding hydrogens is 488 g/mol. The minimum atomic E-state index is -0.226. The lowest BCUT2D eigenvalue weighted by Crippen LogP contribution is -2.21. The summed E-state index contributed by atoms with van der Waals surface area (Å²) in [5, 5.41) is 13.5. The number of thioether (sulfide) groups is 1. The zero-order valence-electron chi connectivity index (χ0n) is 17.1. The fourth-order valence-electron chi connectivity index (χ4n) is 2.93. The maximum Gasteiger partial charge on any atom is 0.250 e. The standard InChI is InChI=1S/C23H19BrN6OS/c1-16(17-11-13-25-14-12-17)26-27-21(31)15-32-23-29-28-22(18-7-9-19(24)10-8-18)30(23)20-5-3-2-4-6-20/h2-14H,15H2,1H3,(H,27,31)/b26-16-. The molecule has 7 nitrogen and oxygen atoms in total. The van der Waals surface area contributed by atoms with E-state index in [0.29, 0.717) is 16.7 Å². The van der Waals surface area contributed by atoms with Crippen molar-refractivity contribution in [3.05, 3.63) is 89.2 Å². The Morgan fingerprint density at radius 3 is 2.47 bits per heavy atom. The van der Waals surface area contributed by atoms with Crippen molar-refractivity contribution >= 4 is 39.3 Å². The van der Waals surface area contributed by atoms with Crippen LogP contribution in [0.25, 0.3) is 17.1 Å². The van der Waals surface area contributed by atoms with E-state index in [2.05, 4.69) is 41.6 Å². The zero-order chi connectivity index (χ0) is 22.3. The lowest BCUT2D eigenvalue weighted by Gasteiger charge is -2.10. The quantitative estimate of drug-likeness (QED) is 0.222. The van der Waals surface area contributed by atoms with Crippen LogP contribution in [0.1, 0.15) is 12.5 Å². The van der Waals surface area contributed by atoms with Crippen molar-refractivity contribution in [2.24, 2.45) is 5.10 Å². The Balaban J connectivity index is 1.52. The number of carbonyl (C=O) groups is 1. The zero-order valence-corrected chi connectivity index (χ0v) is 19.5. The highest BCUT2D eigenvalue weighted by Gasteiger charge is 2.17. The molecule has 0 spiro atoms. The normalized spacial score (nSPS) is 11.4. The van der Waals surface area contributed by atoms with E-state index in [1.165, 1.54) is 11.8 Å². The summed E-state index contributed by atoms with van der Waals surface area (Å²) in [6.45, 7) is 1.83. The van der Waals surface area contributed by atoms with Gasteiger partial charge in [-0.2, -0.15) is 5.10 Å². The second-order valence-electron chi connectivity index (χ2n) is 6.74. The van der Waals surface area contributed by atoms with E-state index >= 15 is 0 Å². The van der Waals surface area contributed by atoms with Crippen LogP contribution in [0, 0.1) is 0 Å². The molecule has 0 aliphatic heterocycles. The number of nitrogens with zero attached hydrogens (tertiary/aromatic N) is 5. The average Bonchev–Trinajstić information content (AvgIpc) is 3.26. The Bertz CT molecular complexity index is 1230. The smallest absolute Gasteiger partial charge is 0.250 e. The number of pyridine rings is 1. The summed E-state index contributed by atoms with van der Waals surface area (Å²) >= 11 is 4.77. The summed E-state index contributed by atoms with van der Waals surface area (Å²) in [4.78, 5) is 16.4. The van der Waals surface area contributed by atoms with Crippen LogP contribution in [0.4, 0.5) is 0 Å². The van der Waals surface area contributed by atoms with E-state index in [4.69, 9.17) is 0 Å². The minimum absolute atomic E-state index is 0.151. The summed E-state index contributed by atoms with van der Waals surface area (Å²) in [5.41, 5.74) is 6.05. The van der Waals surface area contributed by atoms with Crippen LogP contribution in [0.15, 0.2) is 93.9 Å². The third-order valence-electron chi connectivity index (χ3n) is 4.53. The highest BCUT2D eigenvalue weighted by atomic mass is 79.9. The molecule has 1 N–H and O–H groups in total. The van der Waals surface area contributed by atoms with Crippen LogP contribution in [0.2, 0.25) is 0 Å². The monoisotopic (exact) mass is 506 g/mol. The highest BCUT2D eigenvalue weighted by Crippen LogP contribution is 2.28. The van der Waals surface area contributed by atoms with Crippen molar-refractivity contribution in [3.63, 3.8) is 0 Å². The molecule has 0 fully saturated rings. The number of halogens is 1. The molecule has 2 aromatic carbocycles. The van der Waals surface area contributed by atoms with Crippen molar-refractivity contribution in [2.45, 2.75) is 12.1 Å². The van der Waals surface area contributed by atoms with Gasteiger partial charge in [0, 0.05) is 33.7 Å². The number of nitrogens with one attached hydrogen (secondary N) is 1. The van der Waals surface area contributed by atoms with Crippen molar-refractivity contribution in [3.8, 4) is 17.1 Å². The van der Waals surface area contributed by atoms with Gasteiger partial charge < -0.3 is 0 Å². The molecule has 2 aromatic heterocycles. The molecule has 4 rings (SSSR count). The first-order chi connectivity index (χ1) is 15.6. The van der Waals surface area contributed by atoms with Crippen molar-refractivity contribution in [2.75, 3.05) is 5.75 Å². The molecule has 0 saturated carbocycles. The topological polar surface area (TPSA) is 85.1 Å². The van der Waals surface area contributed by atoms with E-state index in [9.17, 15) is 4.79 Å². The van der Waals surface area contributed by atoms with Crippen LogP contribution in [0.5, 0.6) is 0 Å². The molecule has 1 amide bonds. The molecule has 0 unspecified atom stereocenters. The van der Waals surface area contributed by atoms with Crippen molar-refractivity contribution in [1.29, 1.82) is 0 Å². The summed E-state index contributed by atoms with van der Waals surface area (Å²) in [5.74, 6) is 0.632. The minimum Gasteiger partial charge on any atom is -0.272 e. The molecule has 9 heteroatoms. The molecule has 0 bridgehead atoms. The molecule has 0 saturated heterocycles. The molecule has 0 atom stereocenters. The average molecular weight is 507 g/mol. The Morgan fingerprint density at radius 1 is 1.03 bits per heavy atom. The first-order valence-electron chi connectivity index (χ1n) is 9.75. The molecule has 160 valence electrons. The number of aromatic nitrogens is 4. The molecule has 0 radical (unpaired) electrons. The lowest BCUT2D eigenvalue weighted by molar-refractivity contribution is -0.118. The number of benzene rings is 2. The van der Waals surface area contributed by atoms with Gasteiger partial charge >= 0.3 is 0 Å². The fourth-order valence-corrected chi connectivity index (χ4v) is 3.93. The Kier molecular flexibility index (Phi) is 7.08. The van der Waals surface area contributed by atoms with Gasteiger partial charge in [0.2, 0.25) is 0 Å². The number of hydrazone groups is 1. The number of hydrogen-bond acceptors (Lipinski definition) is 6. The van der Waals surface area contributed by atoms with Crippen LogP contribution < -0.4 is 5.43 Å². The third-order valence-corrected chi connectivity index (χ3v) is 5.99. The van der Waals surface area contributed by atoms with Crippen molar-refractivity contribution < 1.29 is 4.79 Å². The van der Waals surface area contributed by atoms with Gasteiger partial charge in [-0.3, -0.25) is 14.3 Å². The molecular formula is C23H19BrN6OS. The summed E-state index contributed by atoms with van der Waals surface area (Å²) in [6.07, 6.45) is 3.37. The predicted octanol–water partition coefficient (Wildman–Crippen LogP) is 4.72. The molecule has 32 heavy (non-hydrogen) atoms. The maximum atomic E-state index is 12.4. The van der Waals surface area contributed by atoms with E-state index in [1.807, 2.05) is 78.2 Å². The van der Waals surface area contributed by atoms with E-state index in [1.54, 1.807) is 12.4 Å². The Labute approximate surface area is 198 Å². The van der Waals surface area contributed by atoms with Crippen LogP contribution in [0.3, 0.4) is 0 Å². The van der Waals surface area contributed by atoms with Gasteiger partial charge in [0.25, 0.3) is 5.91 Å². The number of amides is 1. The van der Waals surface area contributed by atoms with Crippen molar-refractivity contribution in [1.82, 2.24) is 25.2 Å². The molecule has 0 aliphatic carbocycles. The number of hydrogen-bond donors (Lipinski definition) is 1. The van der Waals surface area contributed by atoms with Gasteiger partial charge in [-0.15, -0.1) is 10.2 Å². The summed E-state index contributed by atoms with van der Waals surface area (Å²) in [7, 11) is 0. The van der Waals surface area contributed by atoms with Gasteiger partial charge in [-0.1, -0.05) is 58.0 Å². The Hall–Kier alpha value is -3.30. The second kappa shape index (κ2) is 10.3. The second-order valence-corrected chi connectivity index (χ2v) is 8.60. The fraction of sp³-hybridized carbons (Fsp3) is 0.0870. The third kappa shape index (κ3) is 5.30. The first-order valence-corrected chi connectivity index (χ1v) is 11.5. The van der Waals surface area contributed by atoms with E-state index < -0.39 is 0 Å². The molecule has 4 aromatic rings. The highest BCUT2D eigenvalue weighted by molar-refractivity contribution is 9.10. The Morgan fingerprint density at radius 2 is 1.75 bits per heavy atom. The maximum absolute atomic E-state index is 12.4. The molecule has 2 heterocycles. The lowest BCUT2D eigenvalue weighted by atomic mass is 10.2. The molecule has 0 aliphatic rings. The van der Waals surface area contributed by atoms with Crippen LogP contribution >= 0.6 is 27.7 Å². The van der Waals surface area contributed by atoms with Gasteiger partial charge in [0.1, 0.15) is 0 Å². The largest absolute Gasteiger partial charge is 0.272 e.